The predicted molar refractivity (Wildman–Crippen MR) is 43.6 cm³/mol. The summed E-state index contributed by atoms with van der Waals surface area (Å²) in [5.74, 6) is 0. The zero-order valence-corrected chi connectivity index (χ0v) is 7.23. The van der Waals surface area contributed by atoms with Gasteiger partial charge < -0.3 is 4.90 Å². The SMILES string of the molecule is CC1=C(C=O)SC(C)N1C. The molecule has 0 fully saturated rings. The highest BCUT2D eigenvalue weighted by atomic mass is 32.2. The van der Waals surface area contributed by atoms with Gasteiger partial charge in [0.15, 0.2) is 6.29 Å². The Hall–Kier alpha value is -0.440. The lowest BCUT2D eigenvalue weighted by atomic mass is 10.4. The fraction of sp³-hybridized carbons (Fsp3) is 0.571. The maximum atomic E-state index is 10.4. The van der Waals surface area contributed by atoms with Gasteiger partial charge in [0, 0.05) is 12.7 Å². The molecule has 1 rings (SSSR count). The van der Waals surface area contributed by atoms with Crippen molar-refractivity contribution < 1.29 is 4.79 Å². The van der Waals surface area contributed by atoms with E-state index < -0.39 is 0 Å². The molecule has 0 aromatic heterocycles. The van der Waals surface area contributed by atoms with E-state index in [1.54, 1.807) is 11.8 Å². The fourth-order valence-corrected chi connectivity index (χ4v) is 1.96. The molecule has 0 amide bonds. The normalized spacial score (nSPS) is 25.9. The molecule has 1 aliphatic heterocycles. The van der Waals surface area contributed by atoms with Crippen LogP contribution >= 0.6 is 11.8 Å². The van der Waals surface area contributed by atoms with Gasteiger partial charge in [-0.25, -0.2) is 0 Å². The van der Waals surface area contributed by atoms with Crippen molar-refractivity contribution in [2.45, 2.75) is 19.2 Å². The lowest BCUT2D eigenvalue weighted by Gasteiger charge is -2.17. The van der Waals surface area contributed by atoms with Crippen LogP contribution < -0.4 is 0 Å². The molecule has 2 nitrogen and oxygen atoms in total. The predicted octanol–water partition coefficient (Wildman–Crippen LogP) is 1.44. The molecule has 1 atom stereocenters. The molecule has 0 bridgehead atoms. The Bertz CT molecular complexity index is 188. The third kappa shape index (κ3) is 1.06. The Kier molecular flexibility index (Phi) is 2.04. The van der Waals surface area contributed by atoms with Crippen LogP contribution in [0.4, 0.5) is 0 Å². The molecule has 0 spiro atoms. The number of rotatable bonds is 1. The molecule has 10 heavy (non-hydrogen) atoms. The molecule has 0 aromatic rings. The topological polar surface area (TPSA) is 20.3 Å². The molecule has 56 valence electrons. The molecular formula is C7H11NOS. The first-order chi connectivity index (χ1) is 4.66. The van der Waals surface area contributed by atoms with E-state index in [9.17, 15) is 4.79 Å². The Morgan fingerprint density at radius 3 is 2.50 bits per heavy atom. The molecule has 0 aliphatic carbocycles. The van der Waals surface area contributed by atoms with Gasteiger partial charge in [0.1, 0.15) is 0 Å². The average molecular weight is 157 g/mol. The summed E-state index contributed by atoms with van der Waals surface area (Å²) in [5.41, 5.74) is 1.09. The minimum Gasteiger partial charge on any atom is -0.365 e. The molecule has 0 aromatic carbocycles. The summed E-state index contributed by atoms with van der Waals surface area (Å²) in [5, 5.41) is 0.417. The van der Waals surface area contributed by atoms with Crippen molar-refractivity contribution in [3.05, 3.63) is 10.6 Å². The number of hydrogen-bond acceptors (Lipinski definition) is 3. The van der Waals surface area contributed by atoms with Gasteiger partial charge in [0.2, 0.25) is 0 Å². The zero-order valence-electron chi connectivity index (χ0n) is 6.42. The van der Waals surface area contributed by atoms with Crippen molar-refractivity contribution in [2.24, 2.45) is 0 Å². The van der Waals surface area contributed by atoms with E-state index in [-0.39, 0.29) is 0 Å². The van der Waals surface area contributed by atoms with Crippen molar-refractivity contribution in [2.75, 3.05) is 7.05 Å². The molecule has 1 unspecified atom stereocenters. The van der Waals surface area contributed by atoms with Gasteiger partial charge in [0.05, 0.1) is 10.3 Å². The summed E-state index contributed by atoms with van der Waals surface area (Å²) in [6.45, 7) is 4.06. The van der Waals surface area contributed by atoms with E-state index in [1.165, 1.54) is 0 Å². The number of carbonyl (C=O) groups excluding carboxylic acids is 1. The third-order valence-electron chi connectivity index (χ3n) is 1.84. The summed E-state index contributed by atoms with van der Waals surface area (Å²) in [6.07, 6.45) is 0.931. The van der Waals surface area contributed by atoms with Gasteiger partial charge in [-0.3, -0.25) is 4.79 Å². The van der Waals surface area contributed by atoms with Gasteiger partial charge in [0.25, 0.3) is 0 Å². The maximum absolute atomic E-state index is 10.4. The van der Waals surface area contributed by atoms with Crippen LogP contribution in [-0.2, 0) is 4.79 Å². The van der Waals surface area contributed by atoms with Crippen molar-refractivity contribution in [1.29, 1.82) is 0 Å². The van der Waals surface area contributed by atoms with Crippen molar-refractivity contribution >= 4 is 18.0 Å². The molecule has 3 heteroatoms. The van der Waals surface area contributed by atoms with Crippen molar-refractivity contribution in [3.63, 3.8) is 0 Å². The van der Waals surface area contributed by atoms with Crippen LogP contribution in [0.25, 0.3) is 0 Å². The first-order valence-corrected chi connectivity index (χ1v) is 4.10. The first-order valence-electron chi connectivity index (χ1n) is 3.22. The Labute approximate surface area is 65.3 Å². The van der Waals surface area contributed by atoms with Crippen molar-refractivity contribution in [3.8, 4) is 0 Å². The van der Waals surface area contributed by atoms with Gasteiger partial charge in [-0.2, -0.15) is 0 Å². The van der Waals surface area contributed by atoms with E-state index in [0.717, 1.165) is 16.9 Å². The first kappa shape index (κ1) is 7.66. The maximum Gasteiger partial charge on any atom is 0.158 e. The minimum atomic E-state index is 0.417. The second kappa shape index (κ2) is 2.66. The largest absolute Gasteiger partial charge is 0.365 e. The molecule has 0 radical (unpaired) electrons. The van der Waals surface area contributed by atoms with E-state index in [4.69, 9.17) is 0 Å². The summed E-state index contributed by atoms with van der Waals surface area (Å²) < 4.78 is 0. The minimum absolute atomic E-state index is 0.417. The Morgan fingerprint density at radius 2 is 2.30 bits per heavy atom. The van der Waals surface area contributed by atoms with Gasteiger partial charge in [-0.05, 0) is 13.8 Å². The molecule has 0 saturated carbocycles. The monoisotopic (exact) mass is 157 g/mol. The van der Waals surface area contributed by atoms with Crippen LogP contribution in [0, 0.1) is 0 Å². The van der Waals surface area contributed by atoms with Gasteiger partial charge in [-0.15, -0.1) is 0 Å². The highest BCUT2D eigenvalue weighted by Crippen LogP contribution is 2.34. The highest BCUT2D eigenvalue weighted by molar-refractivity contribution is 8.04. The number of thioether (sulfide) groups is 1. The van der Waals surface area contributed by atoms with E-state index in [1.807, 2.05) is 14.0 Å². The van der Waals surface area contributed by atoms with E-state index in [0.29, 0.717) is 5.37 Å². The number of nitrogens with zero attached hydrogens (tertiary/aromatic N) is 1. The average Bonchev–Trinajstić information content (AvgIpc) is 2.17. The third-order valence-corrected chi connectivity index (χ3v) is 3.14. The van der Waals surface area contributed by atoms with Crippen LogP contribution in [0.1, 0.15) is 13.8 Å². The second-order valence-corrected chi connectivity index (χ2v) is 3.75. The Balaban J connectivity index is 2.83. The molecular weight excluding hydrogens is 146 g/mol. The number of hydrogen-bond donors (Lipinski definition) is 0. The Morgan fingerprint density at radius 1 is 1.70 bits per heavy atom. The number of aldehydes is 1. The summed E-state index contributed by atoms with van der Waals surface area (Å²) in [7, 11) is 2.00. The van der Waals surface area contributed by atoms with Gasteiger partial charge >= 0.3 is 0 Å². The van der Waals surface area contributed by atoms with Crippen LogP contribution in [0.15, 0.2) is 10.6 Å². The van der Waals surface area contributed by atoms with E-state index in [2.05, 4.69) is 11.8 Å². The molecule has 0 saturated heterocycles. The second-order valence-electron chi connectivity index (χ2n) is 2.40. The van der Waals surface area contributed by atoms with Crippen LogP contribution in [0.2, 0.25) is 0 Å². The highest BCUT2D eigenvalue weighted by Gasteiger charge is 2.22. The van der Waals surface area contributed by atoms with Crippen LogP contribution in [0.3, 0.4) is 0 Å². The summed E-state index contributed by atoms with van der Waals surface area (Å²) in [6, 6.07) is 0. The smallest absolute Gasteiger partial charge is 0.158 e. The number of carbonyl (C=O) groups is 1. The zero-order chi connectivity index (χ0) is 7.72. The lowest BCUT2D eigenvalue weighted by molar-refractivity contribution is -0.104. The van der Waals surface area contributed by atoms with Crippen molar-refractivity contribution in [1.82, 2.24) is 4.90 Å². The molecule has 0 N–H and O–H groups in total. The number of allylic oxidation sites excluding steroid dienone is 2. The summed E-state index contributed by atoms with van der Waals surface area (Å²) >= 11 is 1.62. The standard InChI is InChI=1S/C7H11NOS/c1-5-7(4-9)10-6(2)8(5)3/h4,6H,1-3H3. The lowest BCUT2D eigenvalue weighted by Crippen LogP contribution is -2.18. The summed E-state index contributed by atoms with van der Waals surface area (Å²) in [4.78, 5) is 13.4. The molecule has 1 aliphatic rings. The van der Waals surface area contributed by atoms with E-state index >= 15 is 0 Å². The van der Waals surface area contributed by atoms with Crippen LogP contribution in [-0.4, -0.2) is 23.6 Å². The van der Waals surface area contributed by atoms with Crippen LogP contribution in [0.5, 0.6) is 0 Å². The molecule has 1 heterocycles. The quantitative estimate of drug-likeness (QED) is 0.537. The fourth-order valence-electron chi connectivity index (χ4n) is 0.908. The van der Waals surface area contributed by atoms with Gasteiger partial charge in [-0.1, -0.05) is 11.8 Å².